The summed E-state index contributed by atoms with van der Waals surface area (Å²) in [4.78, 5) is 4.79. The van der Waals surface area contributed by atoms with E-state index in [0.29, 0.717) is 10.4 Å². The van der Waals surface area contributed by atoms with Crippen LogP contribution in [-0.2, 0) is 22.4 Å². The van der Waals surface area contributed by atoms with Crippen LogP contribution in [0.15, 0.2) is 23.1 Å². The normalized spacial score (nSPS) is 18.2. The van der Waals surface area contributed by atoms with Crippen LogP contribution >= 0.6 is 0 Å². The minimum absolute atomic E-state index is 0.293. The van der Waals surface area contributed by atoms with E-state index in [1.807, 2.05) is 11.6 Å². The summed E-state index contributed by atoms with van der Waals surface area (Å²) in [6.45, 7) is 0. The van der Waals surface area contributed by atoms with E-state index in [4.69, 9.17) is 5.73 Å². The molecule has 96 valence electrons. The standard InChI is InChI=1S/C12H15N3O2S/c1-15-10-4-3-8(18(2,16)17)7-9(10)14-11(15)12(13)5-6-12/h3-4,7H,5-6,13H2,1-2H3. The monoisotopic (exact) mass is 265 g/mol. The van der Waals surface area contributed by atoms with E-state index >= 15 is 0 Å². The molecule has 5 nitrogen and oxygen atoms in total. The van der Waals surface area contributed by atoms with Crippen molar-refractivity contribution in [2.75, 3.05) is 6.26 Å². The second-order valence-electron chi connectivity index (χ2n) is 5.07. The number of nitrogens with zero attached hydrogens (tertiary/aromatic N) is 2. The van der Waals surface area contributed by atoms with Crippen molar-refractivity contribution in [3.63, 3.8) is 0 Å². The molecule has 0 unspecified atom stereocenters. The van der Waals surface area contributed by atoms with Crippen molar-refractivity contribution >= 4 is 20.9 Å². The lowest BCUT2D eigenvalue weighted by molar-refractivity contribution is 0.602. The summed E-state index contributed by atoms with van der Waals surface area (Å²) in [7, 11) is -1.28. The zero-order chi connectivity index (χ0) is 13.1. The van der Waals surface area contributed by atoms with Gasteiger partial charge in [0.15, 0.2) is 9.84 Å². The van der Waals surface area contributed by atoms with Gasteiger partial charge in [-0.3, -0.25) is 0 Å². The minimum Gasteiger partial charge on any atom is -0.330 e. The Balaban J connectivity index is 2.25. The van der Waals surface area contributed by atoms with E-state index in [1.54, 1.807) is 18.2 Å². The average Bonchev–Trinajstić information content (AvgIpc) is 2.93. The minimum atomic E-state index is -3.20. The Bertz CT molecular complexity index is 742. The third kappa shape index (κ3) is 1.64. The first-order valence-electron chi connectivity index (χ1n) is 5.77. The highest BCUT2D eigenvalue weighted by Gasteiger charge is 2.44. The van der Waals surface area contributed by atoms with Crippen molar-refractivity contribution < 1.29 is 8.42 Å². The SMILES string of the molecule is Cn1c(C2(N)CC2)nc2cc(S(C)(=O)=O)ccc21. The van der Waals surface area contributed by atoms with Gasteiger partial charge in [0.1, 0.15) is 5.82 Å². The van der Waals surface area contributed by atoms with Crippen LogP contribution in [0, 0.1) is 0 Å². The molecule has 0 amide bonds. The number of sulfone groups is 1. The maximum atomic E-state index is 11.5. The molecular formula is C12H15N3O2S. The zero-order valence-corrected chi connectivity index (χ0v) is 11.2. The molecule has 0 spiro atoms. The molecule has 2 aromatic rings. The van der Waals surface area contributed by atoms with Crippen molar-refractivity contribution in [3.8, 4) is 0 Å². The molecule has 0 aliphatic heterocycles. The van der Waals surface area contributed by atoms with Gasteiger partial charge in [-0.2, -0.15) is 0 Å². The maximum Gasteiger partial charge on any atom is 0.175 e. The Morgan fingerprint density at radius 1 is 1.39 bits per heavy atom. The van der Waals surface area contributed by atoms with Gasteiger partial charge < -0.3 is 10.3 Å². The second-order valence-corrected chi connectivity index (χ2v) is 7.09. The van der Waals surface area contributed by atoms with Gasteiger partial charge in [0.25, 0.3) is 0 Å². The summed E-state index contributed by atoms with van der Waals surface area (Å²) in [6, 6.07) is 5.01. The molecule has 0 bridgehead atoms. The fraction of sp³-hybridized carbons (Fsp3) is 0.417. The number of aryl methyl sites for hydroxylation is 1. The van der Waals surface area contributed by atoms with Crippen LogP contribution in [0.5, 0.6) is 0 Å². The molecule has 1 saturated carbocycles. The van der Waals surface area contributed by atoms with E-state index in [2.05, 4.69) is 4.98 Å². The lowest BCUT2D eigenvalue weighted by atomic mass is 10.3. The van der Waals surface area contributed by atoms with Crippen LogP contribution in [-0.4, -0.2) is 24.2 Å². The molecule has 1 aliphatic carbocycles. The highest BCUT2D eigenvalue weighted by atomic mass is 32.2. The van der Waals surface area contributed by atoms with Crippen LogP contribution in [0.4, 0.5) is 0 Å². The molecule has 0 saturated heterocycles. The summed E-state index contributed by atoms with van der Waals surface area (Å²) in [5.41, 5.74) is 7.43. The molecule has 0 atom stereocenters. The summed E-state index contributed by atoms with van der Waals surface area (Å²) >= 11 is 0. The van der Waals surface area contributed by atoms with Gasteiger partial charge in [0.05, 0.1) is 21.5 Å². The number of benzene rings is 1. The van der Waals surface area contributed by atoms with Gasteiger partial charge in [-0.25, -0.2) is 13.4 Å². The van der Waals surface area contributed by atoms with E-state index in [0.717, 1.165) is 24.2 Å². The van der Waals surface area contributed by atoms with Crippen molar-refractivity contribution in [1.82, 2.24) is 9.55 Å². The molecule has 1 aromatic carbocycles. The first-order chi connectivity index (χ1) is 8.31. The zero-order valence-electron chi connectivity index (χ0n) is 10.3. The van der Waals surface area contributed by atoms with Gasteiger partial charge in [-0.05, 0) is 31.0 Å². The molecule has 0 radical (unpaired) electrons. The number of hydrogen-bond acceptors (Lipinski definition) is 4. The summed E-state index contributed by atoms with van der Waals surface area (Å²) in [6.07, 6.45) is 3.07. The van der Waals surface area contributed by atoms with Crippen LogP contribution < -0.4 is 5.73 Å². The number of hydrogen-bond donors (Lipinski definition) is 1. The van der Waals surface area contributed by atoms with Crippen LogP contribution in [0.1, 0.15) is 18.7 Å². The third-order valence-electron chi connectivity index (χ3n) is 3.51. The summed E-state index contributed by atoms with van der Waals surface area (Å²) < 4.78 is 25.0. The van der Waals surface area contributed by atoms with Crippen molar-refractivity contribution in [3.05, 3.63) is 24.0 Å². The number of fused-ring (bicyclic) bond motifs is 1. The first kappa shape index (κ1) is 11.7. The molecule has 18 heavy (non-hydrogen) atoms. The van der Waals surface area contributed by atoms with E-state index < -0.39 is 9.84 Å². The molecule has 1 aromatic heterocycles. The van der Waals surface area contributed by atoms with Crippen LogP contribution in [0.2, 0.25) is 0 Å². The van der Waals surface area contributed by atoms with Gasteiger partial charge in [0, 0.05) is 13.3 Å². The first-order valence-corrected chi connectivity index (χ1v) is 7.66. The van der Waals surface area contributed by atoms with Gasteiger partial charge >= 0.3 is 0 Å². The Morgan fingerprint density at radius 2 is 2.06 bits per heavy atom. The number of imidazole rings is 1. The number of aromatic nitrogens is 2. The third-order valence-corrected chi connectivity index (χ3v) is 4.62. The molecule has 1 aliphatic rings. The largest absolute Gasteiger partial charge is 0.330 e. The highest BCUT2D eigenvalue weighted by molar-refractivity contribution is 7.90. The lowest BCUT2D eigenvalue weighted by Gasteiger charge is -2.07. The highest BCUT2D eigenvalue weighted by Crippen LogP contribution is 2.42. The second kappa shape index (κ2) is 3.33. The maximum absolute atomic E-state index is 11.5. The summed E-state index contributed by atoms with van der Waals surface area (Å²) in [5.74, 6) is 0.836. The van der Waals surface area contributed by atoms with E-state index in [1.165, 1.54) is 6.26 Å². The molecule has 3 rings (SSSR count). The Labute approximate surface area is 106 Å². The van der Waals surface area contributed by atoms with Crippen LogP contribution in [0.3, 0.4) is 0 Å². The molecule has 1 fully saturated rings. The molecule has 2 N–H and O–H groups in total. The van der Waals surface area contributed by atoms with E-state index in [-0.39, 0.29) is 5.54 Å². The molecule has 6 heteroatoms. The predicted octanol–water partition coefficient (Wildman–Crippen LogP) is 0.925. The number of rotatable bonds is 2. The summed E-state index contributed by atoms with van der Waals surface area (Å²) in [5, 5.41) is 0. The van der Waals surface area contributed by atoms with Crippen molar-refractivity contribution in [2.45, 2.75) is 23.3 Å². The topological polar surface area (TPSA) is 78.0 Å². The average molecular weight is 265 g/mol. The molecule has 1 heterocycles. The lowest BCUT2D eigenvalue weighted by Crippen LogP contribution is -2.23. The Morgan fingerprint density at radius 3 is 2.61 bits per heavy atom. The van der Waals surface area contributed by atoms with Gasteiger partial charge in [-0.1, -0.05) is 0 Å². The number of nitrogens with two attached hydrogens (primary N) is 1. The van der Waals surface area contributed by atoms with Gasteiger partial charge in [0.2, 0.25) is 0 Å². The fourth-order valence-electron chi connectivity index (χ4n) is 2.21. The quantitative estimate of drug-likeness (QED) is 0.876. The fourth-order valence-corrected chi connectivity index (χ4v) is 2.85. The van der Waals surface area contributed by atoms with E-state index in [9.17, 15) is 8.42 Å². The Kier molecular flexibility index (Phi) is 2.16. The smallest absolute Gasteiger partial charge is 0.175 e. The molecular weight excluding hydrogens is 250 g/mol. The van der Waals surface area contributed by atoms with Gasteiger partial charge in [-0.15, -0.1) is 0 Å². The van der Waals surface area contributed by atoms with Crippen molar-refractivity contribution in [1.29, 1.82) is 0 Å². The Hall–Kier alpha value is -1.40. The van der Waals surface area contributed by atoms with Crippen LogP contribution in [0.25, 0.3) is 11.0 Å². The predicted molar refractivity (Wildman–Crippen MR) is 68.9 cm³/mol. The van der Waals surface area contributed by atoms with Crippen molar-refractivity contribution in [2.24, 2.45) is 12.8 Å².